The average Bonchev–Trinajstić information content (AvgIpc) is 2.79. The molecule has 0 saturated carbocycles. The molecule has 0 radical (unpaired) electrons. The third kappa shape index (κ3) is 6.22. The second kappa shape index (κ2) is 8.01. The number of hydrogen-bond donors (Lipinski definition) is 1. The third-order valence-electron chi connectivity index (χ3n) is 2.23. The molecule has 1 aromatic rings. The fourth-order valence-electron chi connectivity index (χ4n) is 1.31. The van der Waals surface area contributed by atoms with Gasteiger partial charge in [-0.05, 0) is 43.1 Å². The molecule has 1 rings (SSSR count). The van der Waals surface area contributed by atoms with Crippen LogP contribution in [0.4, 0.5) is 0 Å². The van der Waals surface area contributed by atoms with Crippen LogP contribution < -0.4 is 5.32 Å². The first-order valence-corrected chi connectivity index (χ1v) is 6.97. The van der Waals surface area contributed by atoms with Gasteiger partial charge in [0.05, 0.1) is 6.26 Å². The molecule has 0 aliphatic heterocycles. The van der Waals surface area contributed by atoms with Crippen molar-refractivity contribution in [3.05, 3.63) is 30.2 Å². The molecule has 1 amide bonds. The summed E-state index contributed by atoms with van der Waals surface area (Å²) in [5, 5.41) is 2.92. The van der Waals surface area contributed by atoms with Gasteiger partial charge in [-0.2, -0.15) is 11.8 Å². The predicted octanol–water partition coefficient (Wildman–Crippen LogP) is 2.94. The molecule has 0 fully saturated rings. The molecule has 1 heterocycles. The lowest BCUT2D eigenvalue weighted by Gasteiger charge is -2.11. The predicted molar refractivity (Wildman–Crippen MR) is 73.0 cm³/mol. The number of amides is 1. The molecular formula is C13H19NO2S. The highest BCUT2D eigenvalue weighted by Gasteiger charge is 2.04. The number of furan rings is 1. The maximum absolute atomic E-state index is 11.5. The molecule has 1 N–H and O–H groups in total. The van der Waals surface area contributed by atoms with Crippen LogP contribution in [0.3, 0.4) is 0 Å². The van der Waals surface area contributed by atoms with Crippen LogP contribution in [0.1, 0.15) is 26.0 Å². The summed E-state index contributed by atoms with van der Waals surface area (Å²) in [6.07, 6.45) is 5.76. The Hall–Kier alpha value is -1.16. The van der Waals surface area contributed by atoms with E-state index in [-0.39, 0.29) is 11.9 Å². The van der Waals surface area contributed by atoms with E-state index >= 15 is 0 Å². The van der Waals surface area contributed by atoms with Crippen molar-refractivity contribution in [2.24, 2.45) is 0 Å². The number of nitrogens with one attached hydrogen (secondary N) is 1. The Morgan fingerprint density at radius 1 is 1.65 bits per heavy atom. The van der Waals surface area contributed by atoms with Gasteiger partial charge in [-0.25, -0.2) is 0 Å². The first-order chi connectivity index (χ1) is 8.22. The maximum Gasteiger partial charge on any atom is 0.244 e. The Balaban J connectivity index is 2.24. The van der Waals surface area contributed by atoms with Crippen LogP contribution >= 0.6 is 11.8 Å². The summed E-state index contributed by atoms with van der Waals surface area (Å²) in [6, 6.07) is 3.82. The highest BCUT2D eigenvalue weighted by molar-refractivity contribution is 7.99. The summed E-state index contributed by atoms with van der Waals surface area (Å²) in [6.45, 7) is 4.16. The lowest BCUT2D eigenvalue weighted by atomic mass is 10.2. The minimum atomic E-state index is -0.0737. The van der Waals surface area contributed by atoms with Crippen molar-refractivity contribution in [3.63, 3.8) is 0 Å². The minimum absolute atomic E-state index is 0.0737. The summed E-state index contributed by atoms with van der Waals surface area (Å²) in [5.41, 5.74) is 0. The zero-order valence-electron chi connectivity index (χ0n) is 10.3. The van der Waals surface area contributed by atoms with Gasteiger partial charge in [0.2, 0.25) is 5.91 Å². The number of rotatable bonds is 7. The van der Waals surface area contributed by atoms with E-state index in [9.17, 15) is 4.79 Å². The Labute approximate surface area is 107 Å². The van der Waals surface area contributed by atoms with Gasteiger partial charge in [0.15, 0.2) is 0 Å². The van der Waals surface area contributed by atoms with Crippen molar-refractivity contribution in [1.82, 2.24) is 5.32 Å². The Kier molecular flexibility index (Phi) is 6.55. The second-order valence-electron chi connectivity index (χ2n) is 3.74. The maximum atomic E-state index is 11.5. The van der Waals surface area contributed by atoms with Gasteiger partial charge in [0, 0.05) is 12.1 Å². The van der Waals surface area contributed by atoms with E-state index in [0.29, 0.717) is 5.76 Å². The van der Waals surface area contributed by atoms with Crippen LogP contribution in [0.2, 0.25) is 0 Å². The SMILES string of the molecule is CCSCC[C@H](C)NC(=O)/C=C\c1ccco1. The quantitative estimate of drug-likeness (QED) is 0.600. The zero-order chi connectivity index (χ0) is 12.5. The average molecular weight is 253 g/mol. The second-order valence-corrected chi connectivity index (χ2v) is 5.14. The van der Waals surface area contributed by atoms with Crippen molar-refractivity contribution >= 4 is 23.7 Å². The molecule has 17 heavy (non-hydrogen) atoms. The van der Waals surface area contributed by atoms with Crippen LogP contribution in [0, 0.1) is 0 Å². The first kappa shape index (κ1) is 13.9. The molecule has 4 heteroatoms. The van der Waals surface area contributed by atoms with Crippen molar-refractivity contribution in [3.8, 4) is 0 Å². The molecule has 0 aliphatic carbocycles. The van der Waals surface area contributed by atoms with E-state index in [1.165, 1.54) is 6.08 Å². The van der Waals surface area contributed by atoms with Crippen LogP contribution in [0.15, 0.2) is 28.9 Å². The molecule has 0 saturated heterocycles. The largest absolute Gasteiger partial charge is 0.465 e. The van der Waals surface area contributed by atoms with Crippen LogP contribution in [0.5, 0.6) is 0 Å². The Morgan fingerprint density at radius 2 is 2.47 bits per heavy atom. The topological polar surface area (TPSA) is 42.2 Å². The lowest BCUT2D eigenvalue weighted by Crippen LogP contribution is -2.31. The molecular weight excluding hydrogens is 234 g/mol. The van der Waals surface area contributed by atoms with Crippen molar-refractivity contribution in [1.29, 1.82) is 0 Å². The normalized spacial score (nSPS) is 12.8. The summed E-state index contributed by atoms with van der Waals surface area (Å²) >= 11 is 1.89. The highest BCUT2D eigenvalue weighted by Crippen LogP contribution is 2.04. The molecule has 0 bridgehead atoms. The van der Waals surface area contributed by atoms with Gasteiger partial charge in [0.25, 0.3) is 0 Å². The molecule has 94 valence electrons. The monoisotopic (exact) mass is 253 g/mol. The lowest BCUT2D eigenvalue weighted by molar-refractivity contribution is -0.117. The number of thioether (sulfide) groups is 1. The molecule has 0 aromatic carbocycles. The Morgan fingerprint density at radius 3 is 3.12 bits per heavy atom. The number of carbonyl (C=O) groups is 1. The van der Waals surface area contributed by atoms with Gasteiger partial charge in [-0.3, -0.25) is 4.79 Å². The zero-order valence-corrected chi connectivity index (χ0v) is 11.1. The molecule has 1 atom stereocenters. The summed E-state index contributed by atoms with van der Waals surface area (Å²) in [4.78, 5) is 11.5. The first-order valence-electron chi connectivity index (χ1n) is 5.82. The summed E-state index contributed by atoms with van der Waals surface area (Å²) in [7, 11) is 0. The van der Waals surface area contributed by atoms with Crippen molar-refractivity contribution in [2.45, 2.75) is 26.3 Å². The standard InChI is InChI=1S/C13H19NO2S/c1-3-17-10-8-11(2)14-13(15)7-6-12-5-4-9-16-12/h4-7,9,11H,3,8,10H2,1-2H3,(H,14,15)/b7-6-/t11-/m0/s1. The molecule has 0 spiro atoms. The fraction of sp³-hybridized carbons (Fsp3) is 0.462. The highest BCUT2D eigenvalue weighted by atomic mass is 32.2. The van der Waals surface area contributed by atoms with Gasteiger partial charge in [-0.15, -0.1) is 0 Å². The van der Waals surface area contributed by atoms with Crippen molar-refractivity contribution in [2.75, 3.05) is 11.5 Å². The number of carbonyl (C=O) groups excluding carboxylic acids is 1. The van der Waals surface area contributed by atoms with Crippen LogP contribution in [-0.2, 0) is 4.79 Å². The van der Waals surface area contributed by atoms with Gasteiger partial charge < -0.3 is 9.73 Å². The number of hydrogen-bond acceptors (Lipinski definition) is 3. The van der Waals surface area contributed by atoms with Gasteiger partial charge >= 0.3 is 0 Å². The fourth-order valence-corrected chi connectivity index (χ4v) is 2.12. The summed E-state index contributed by atoms with van der Waals surface area (Å²) in [5.74, 6) is 2.82. The molecule has 1 aromatic heterocycles. The molecule has 3 nitrogen and oxygen atoms in total. The van der Waals surface area contributed by atoms with Gasteiger partial charge in [0.1, 0.15) is 5.76 Å². The van der Waals surface area contributed by atoms with E-state index in [2.05, 4.69) is 12.2 Å². The van der Waals surface area contributed by atoms with E-state index in [0.717, 1.165) is 17.9 Å². The van der Waals surface area contributed by atoms with E-state index in [1.54, 1.807) is 18.4 Å². The van der Waals surface area contributed by atoms with Crippen molar-refractivity contribution < 1.29 is 9.21 Å². The minimum Gasteiger partial charge on any atom is -0.465 e. The third-order valence-corrected chi connectivity index (χ3v) is 3.16. The van der Waals surface area contributed by atoms with Gasteiger partial charge in [-0.1, -0.05) is 6.92 Å². The smallest absolute Gasteiger partial charge is 0.244 e. The van der Waals surface area contributed by atoms with E-state index < -0.39 is 0 Å². The molecule has 0 aliphatic rings. The summed E-state index contributed by atoms with van der Waals surface area (Å²) < 4.78 is 5.10. The van der Waals surface area contributed by atoms with E-state index in [4.69, 9.17) is 4.42 Å². The van der Waals surface area contributed by atoms with E-state index in [1.807, 2.05) is 24.8 Å². The van der Waals surface area contributed by atoms with Crippen LogP contribution in [0.25, 0.3) is 6.08 Å². The van der Waals surface area contributed by atoms with Crippen LogP contribution in [-0.4, -0.2) is 23.5 Å². The Bertz CT molecular complexity index is 346. The molecule has 0 unspecified atom stereocenters.